The number of hydrogen-bond acceptors (Lipinski definition) is 10. The predicted octanol–water partition coefficient (Wildman–Crippen LogP) is 4.56. The highest BCUT2D eigenvalue weighted by Gasteiger charge is 2.51. The Balaban J connectivity index is 0.685. The van der Waals surface area contributed by atoms with E-state index in [2.05, 4.69) is 31.5 Å². The average Bonchev–Trinajstić information content (AvgIpc) is 4.26. The van der Waals surface area contributed by atoms with E-state index in [0.29, 0.717) is 92.2 Å². The number of ether oxygens (including phenoxy) is 1. The Kier molecular flexibility index (Phi) is 14.8. The maximum absolute atomic E-state index is 15.1. The van der Waals surface area contributed by atoms with Crippen molar-refractivity contribution in [3.05, 3.63) is 111 Å². The minimum absolute atomic E-state index is 0.0299. The second-order valence-corrected chi connectivity index (χ2v) is 21.4. The number of amides is 5. The number of rotatable bonds is 16. The third-order valence-electron chi connectivity index (χ3n) is 16.4. The molecule has 72 heavy (non-hydrogen) atoms. The van der Waals surface area contributed by atoms with E-state index in [4.69, 9.17) is 4.74 Å². The average molecular weight is 986 g/mol. The molecule has 5 heterocycles. The van der Waals surface area contributed by atoms with Gasteiger partial charge in [-0.3, -0.25) is 28.8 Å². The molecule has 16 nitrogen and oxygen atoms in total. The van der Waals surface area contributed by atoms with E-state index in [9.17, 15) is 28.8 Å². The number of aromatic amines is 1. The Bertz CT molecular complexity index is 2710. The molecule has 4 aromatic rings. The van der Waals surface area contributed by atoms with Crippen molar-refractivity contribution < 1.29 is 33.1 Å². The molecule has 3 saturated carbocycles. The fourth-order valence-electron chi connectivity index (χ4n) is 11.8. The summed E-state index contributed by atoms with van der Waals surface area (Å²) >= 11 is 0. The molecule has 2 bridgehead atoms. The fraction of sp³-hybridized carbons (Fsp3) is 0.545. The number of nitrogens with one attached hydrogen (secondary N) is 5. The van der Waals surface area contributed by atoms with E-state index in [1.54, 1.807) is 28.0 Å². The topological polar surface area (TPSA) is 198 Å². The number of carbonyl (C=O) groups is 5. The Morgan fingerprint density at radius 2 is 1.53 bits per heavy atom. The van der Waals surface area contributed by atoms with Gasteiger partial charge in [0.1, 0.15) is 11.9 Å². The van der Waals surface area contributed by atoms with Gasteiger partial charge in [0, 0.05) is 75.1 Å². The fourth-order valence-corrected chi connectivity index (χ4v) is 11.8. The number of fused-ring (bicyclic) bond motifs is 4. The van der Waals surface area contributed by atoms with Gasteiger partial charge >= 0.3 is 0 Å². The lowest BCUT2D eigenvalue weighted by atomic mass is 9.70. The van der Waals surface area contributed by atoms with Crippen molar-refractivity contribution in [2.45, 2.75) is 119 Å². The van der Waals surface area contributed by atoms with Crippen molar-refractivity contribution >= 4 is 40.3 Å². The molecule has 0 spiro atoms. The van der Waals surface area contributed by atoms with Crippen LogP contribution in [0.4, 0.5) is 4.39 Å². The van der Waals surface area contributed by atoms with Crippen molar-refractivity contribution in [3.63, 3.8) is 0 Å². The zero-order chi connectivity index (χ0) is 49.8. The van der Waals surface area contributed by atoms with E-state index >= 15 is 4.39 Å². The molecule has 4 saturated heterocycles. The molecule has 2 atom stereocenters. The molecule has 5 amide bonds. The van der Waals surface area contributed by atoms with Gasteiger partial charge in [0.2, 0.25) is 17.7 Å². The van der Waals surface area contributed by atoms with Gasteiger partial charge in [0.15, 0.2) is 0 Å². The number of aromatic nitrogens is 2. The summed E-state index contributed by atoms with van der Waals surface area (Å²) in [4.78, 5) is 85.9. The second-order valence-electron chi connectivity index (χ2n) is 21.4. The van der Waals surface area contributed by atoms with Gasteiger partial charge in [-0.25, -0.2) is 9.49 Å². The minimum atomic E-state index is -0.676. The quantitative estimate of drug-likeness (QED) is 0.106. The highest BCUT2D eigenvalue weighted by molar-refractivity contribution is 5.98. The van der Waals surface area contributed by atoms with Crippen molar-refractivity contribution in [1.82, 2.24) is 46.2 Å². The molecule has 7 fully saturated rings. The molecule has 1 unspecified atom stereocenters. The lowest BCUT2D eigenvalue weighted by Gasteiger charge is -2.53. The first kappa shape index (κ1) is 49.5. The van der Waals surface area contributed by atoms with E-state index in [0.717, 1.165) is 82.7 Å². The lowest BCUT2D eigenvalue weighted by molar-refractivity contribution is -0.166. The molecular weight excluding hydrogens is 918 g/mol. The van der Waals surface area contributed by atoms with Crippen LogP contribution in [-0.4, -0.2) is 143 Å². The molecule has 11 rings (SSSR count). The van der Waals surface area contributed by atoms with E-state index in [1.807, 2.05) is 41.3 Å². The standard InChI is InChI=1S/C55H68FN9O7/c56-45-18-15-36(29-46-42-13-4-5-14-43(42)51(69)62-61-46)28-44(45)53(71)64-26-24-63(25-27-64)47(66)31-57-34-55-21-19-54(20-22-55,35-72-55)60-52(70)49(37-8-2-1-3-9-37)59-50(68)39-11-6-10-38(30-39)40-12-7-23-65(33-40)48(67)32-58-41-16-17-41/h4-6,10-11,13-15,18,28,30,37,40-41,49,57-58H,1-3,7-9,12,16-17,19-27,29,31-35H2,(H,59,68)(H,60,70)(H,62,69)/t40?,49-,54?,55?/m1/s1. The summed E-state index contributed by atoms with van der Waals surface area (Å²) in [6.45, 7) is 3.86. The number of benzene rings is 3. The Hall–Kier alpha value is -6.04. The van der Waals surface area contributed by atoms with Crippen LogP contribution < -0.4 is 26.8 Å². The van der Waals surface area contributed by atoms with Crippen LogP contribution in [0.15, 0.2) is 71.5 Å². The van der Waals surface area contributed by atoms with Crippen LogP contribution in [0, 0.1) is 11.7 Å². The van der Waals surface area contributed by atoms with Gasteiger partial charge in [0.05, 0.1) is 47.5 Å². The summed E-state index contributed by atoms with van der Waals surface area (Å²) in [5, 5.41) is 21.2. The summed E-state index contributed by atoms with van der Waals surface area (Å²) in [6.07, 6.45) is 12.2. The summed E-state index contributed by atoms with van der Waals surface area (Å²) in [7, 11) is 0. The lowest BCUT2D eigenvalue weighted by Crippen LogP contribution is -2.67. The van der Waals surface area contributed by atoms with Gasteiger partial charge in [-0.2, -0.15) is 5.10 Å². The van der Waals surface area contributed by atoms with Crippen molar-refractivity contribution in [2.75, 3.05) is 65.5 Å². The Morgan fingerprint density at radius 3 is 2.28 bits per heavy atom. The Morgan fingerprint density at radius 1 is 0.778 bits per heavy atom. The second kappa shape index (κ2) is 21.6. The van der Waals surface area contributed by atoms with Crippen LogP contribution >= 0.6 is 0 Å². The van der Waals surface area contributed by atoms with E-state index < -0.39 is 28.9 Å². The number of piperazine rings is 1. The molecule has 382 valence electrons. The molecule has 1 aromatic heterocycles. The molecule has 3 aromatic carbocycles. The number of nitrogens with zero attached hydrogens (tertiary/aromatic N) is 4. The first-order chi connectivity index (χ1) is 34.9. The van der Waals surface area contributed by atoms with Crippen molar-refractivity contribution in [2.24, 2.45) is 5.92 Å². The van der Waals surface area contributed by atoms with Gasteiger partial charge < -0.3 is 40.7 Å². The summed E-state index contributed by atoms with van der Waals surface area (Å²) in [5.74, 6) is -1.28. The van der Waals surface area contributed by atoms with Gasteiger partial charge in [-0.1, -0.05) is 55.7 Å². The summed E-state index contributed by atoms with van der Waals surface area (Å²) in [5.41, 5.74) is 1.50. The molecule has 5 N–H and O–H groups in total. The molecule has 17 heteroatoms. The molecule has 0 radical (unpaired) electrons. The van der Waals surface area contributed by atoms with Gasteiger partial charge in [-0.05, 0) is 112 Å². The van der Waals surface area contributed by atoms with Gasteiger partial charge in [0.25, 0.3) is 17.4 Å². The SMILES string of the molecule is O=C(N[C@@H](C(=O)NC12CCC(CNCC(=O)N3CCN(C(=O)c4cc(Cc5n[nH]c(=O)c6ccccc56)ccc4F)CC3)(CC1)OC2)C1CCCCC1)c1cccc(C2CCCN(C(=O)CNC3CC3)C2)c1. The number of hydrogen-bond donors (Lipinski definition) is 5. The number of H-pyrrole nitrogens is 1. The van der Waals surface area contributed by atoms with E-state index in [1.165, 1.54) is 12.1 Å². The first-order valence-corrected chi connectivity index (χ1v) is 26.3. The molecular formula is C55H68FN9O7. The van der Waals surface area contributed by atoms with Gasteiger partial charge in [-0.15, -0.1) is 0 Å². The van der Waals surface area contributed by atoms with Crippen LogP contribution in [-0.2, 0) is 25.5 Å². The highest BCUT2D eigenvalue weighted by atomic mass is 19.1. The highest BCUT2D eigenvalue weighted by Crippen LogP contribution is 2.44. The number of piperidine rings is 1. The van der Waals surface area contributed by atoms with Crippen molar-refractivity contribution in [3.8, 4) is 0 Å². The normalized spacial score (nSPS) is 24.0. The third-order valence-corrected chi connectivity index (χ3v) is 16.4. The maximum Gasteiger partial charge on any atom is 0.272 e. The van der Waals surface area contributed by atoms with Crippen LogP contribution in [0.1, 0.15) is 127 Å². The zero-order valence-electron chi connectivity index (χ0n) is 41.2. The predicted molar refractivity (Wildman–Crippen MR) is 269 cm³/mol. The molecule has 4 aliphatic heterocycles. The number of likely N-dealkylation sites (tertiary alicyclic amines) is 1. The first-order valence-electron chi connectivity index (χ1n) is 26.3. The van der Waals surface area contributed by atoms with Crippen LogP contribution in [0.5, 0.6) is 0 Å². The number of carbonyl (C=O) groups excluding carboxylic acids is 5. The smallest absolute Gasteiger partial charge is 0.272 e. The zero-order valence-corrected chi connectivity index (χ0v) is 41.2. The molecule has 3 aliphatic carbocycles. The molecule has 7 aliphatic rings. The maximum atomic E-state index is 15.1. The van der Waals surface area contributed by atoms with Crippen molar-refractivity contribution in [1.29, 1.82) is 0 Å². The van der Waals surface area contributed by atoms with Crippen LogP contribution in [0.25, 0.3) is 10.8 Å². The summed E-state index contributed by atoms with van der Waals surface area (Å²) < 4.78 is 21.7. The largest absolute Gasteiger partial charge is 0.371 e. The van der Waals surface area contributed by atoms with Crippen LogP contribution in [0.3, 0.4) is 0 Å². The monoisotopic (exact) mass is 986 g/mol. The summed E-state index contributed by atoms with van der Waals surface area (Å²) in [6, 6.07) is 19.1. The van der Waals surface area contributed by atoms with E-state index in [-0.39, 0.29) is 66.2 Å². The number of halogens is 1. The minimum Gasteiger partial charge on any atom is -0.371 e. The Labute approximate surface area is 419 Å². The third kappa shape index (κ3) is 11.3. The van der Waals surface area contributed by atoms with Crippen LogP contribution in [0.2, 0.25) is 0 Å².